The van der Waals surface area contributed by atoms with E-state index in [1.54, 1.807) is 0 Å². The van der Waals surface area contributed by atoms with Crippen LogP contribution >= 0.6 is 0 Å². The Morgan fingerprint density at radius 1 is 1.44 bits per heavy atom. The fourth-order valence-electron chi connectivity index (χ4n) is 1.80. The van der Waals surface area contributed by atoms with Crippen LogP contribution in [0.4, 0.5) is 0 Å². The van der Waals surface area contributed by atoms with Crippen molar-refractivity contribution in [1.82, 2.24) is 20.4 Å². The number of rotatable bonds is 6. The second kappa shape index (κ2) is 6.54. The number of amides is 1. The highest BCUT2D eigenvalue weighted by molar-refractivity contribution is 5.78. The Labute approximate surface area is 109 Å². The lowest BCUT2D eigenvalue weighted by Gasteiger charge is -2.11. The van der Waals surface area contributed by atoms with E-state index >= 15 is 0 Å². The Kier molecular flexibility index (Phi) is 5.34. The van der Waals surface area contributed by atoms with Gasteiger partial charge in [0.15, 0.2) is 0 Å². The predicted octanol–water partition coefficient (Wildman–Crippen LogP) is 1.04. The van der Waals surface area contributed by atoms with Gasteiger partial charge in [0.25, 0.3) is 0 Å². The summed E-state index contributed by atoms with van der Waals surface area (Å²) in [6, 6.07) is 0.237. The molecule has 0 spiro atoms. The number of carbonyl (C=O) groups excluding carboxylic acids is 1. The van der Waals surface area contributed by atoms with Crippen molar-refractivity contribution >= 4 is 5.91 Å². The molecule has 102 valence electrons. The molecule has 1 rings (SSSR count). The van der Waals surface area contributed by atoms with E-state index in [0.717, 1.165) is 17.8 Å². The SMILES string of the molecule is CCC(C)NC(=O)CNCc1c(C)nn(C)c1C. The van der Waals surface area contributed by atoms with Crippen molar-refractivity contribution in [2.45, 2.75) is 46.7 Å². The molecule has 0 aliphatic carbocycles. The Morgan fingerprint density at radius 3 is 2.61 bits per heavy atom. The van der Waals surface area contributed by atoms with Crippen LogP contribution in [-0.2, 0) is 18.4 Å². The van der Waals surface area contributed by atoms with E-state index < -0.39 is 0 Å². The van der Waals surface area contributed by atoms with Gasteiger partial charge in [0.2, 0.25) is 5.91 Å². The Morgan fingerprint density at radius 2 is 2.11 bits per heavy atom. The first-order valence-electron chi connectivity index (χ1n) is 6.44. The first-order valence-corrected chi connectivity index (χ1v) is 6.44. The Balaban J connectivity index is 2.40. The smallest absolute Gasteiger partial charge is 0.234 e. The minimum absolute atomic E-state index is 0.0450. The van der Waals surface area contributed by atoms with Crippen molar-refractivity contribution in [2.24, 2.45) is 7.05 Å². The van der Waals surface area contributed by atoms with Gasteiger partial charge in [-0.3, -0.25) is 9.48 Å². The van der Waals surface area contributed by atoms with Gasteiger partial charge in [-0.1, -0.05) is 6.92 Å². The van der Waals surface area contributed by atoms with Crippen LogP contribution in [0.2, 0.25) is 0 Å². The molecule has 1 atom stereocenters. The molecule has 0 aromatic carbocycles. The first-order chi connectivity index (χ1) is 8.45. The third-order valence-corrected chi connectivity index (χ3v) is 3.27. The fourth-order valence-corrected chi connectivity index (χ4v) is 1.80. The normalized spacial score (nSPS) is 12.5. The van der Waals surface area contributed by atoms with Crippen molar-refractivity contribution in [2.75, 3.05) is 6.54 Å². The molecule has 2 N–H and O–H groups in total. The van der Waals surface area contributed by atoms with Gasteiger partial charge in [-0.05, 0) is 27.2 Å². The van der Waals surface area contributed by atoms with Gasteiger partial charge in [0, 0.05) is 30.9 Å². The number of nitrogens with one attached hydrogen (secondary N) is 2. The van der Waals surface area contributed by atoms with Crippen LogP contribution in [-0.4, -0.2) is 28.3 Å². The van der Waals surface area contributed by atoms with Gasteiger partial charge >= 0.3 is 0 Å². The molecule has 5 heteroatoms. The summed E-state index contributed by atoms with van der Waals surface area (Å²) < 4.78 is 1.87. The summed E-state index contributed by atoms with van der Waals surface area (Å²) in [4.78, 5) is 11.6. The van der Waals surface area contributed by atoms with Crippen LogP contribution in [0.15, 0.2) is 0 Å². The van der Waals surface area contributed by atoms with E-state index in [9.17, 15) is 4.79 Å². The third-order valence-electron chi connectivity index (χ3n) is 3.27. The summed E-state index contributed by atoms with van der Waals surface area (Å²) in [6.07, 6.45) is 0.951. The van der Waals surface area contributed by atoms with Gasteiger partial charge in [-0.25, -0.2) is 0 Å². The van der Waals surface area contributed by atoms with E-state index in [2.05, 4.69) is 22.7 Å². The van der Waals surface area contributed by atoms with E-state index in [1.807, 2.05) is 32.5 Å². The van der Waals surface area contributed by atoms with Crippen LogP contribution in [0.25, 0.3) is 0 Å². The van der Waals surface area contributed by atoms with Gasteiger partial charge in [-0.15, -0.1) is 0 Å². The minimum Gasteiger partial charge on any atom is -0.353 e. The lowest BCUT2D eigenvalue weighted by molar-refractivity contribution is -0.120. The molecule has 1 aromatic heterocycles. The second-order valence-corrected chi connectivity index (χ2v) is 4.75. The zero-order chi connectivity index (χ0) is 13.7. The minimum atomic E-state index is 0.0450. The Bertz CT molecular complexity index is 411. The number of hydrogen-bond acceptors (Lipinski definition) is 3. The van der Waals surface area contributed by atoms with Gasteiger partial charge < -0.3 is 10.6 Å². The maximum atomic E-state index is 11.6. The molecule has 0 bridgehead atoms. The number of hydrogen-bond donors (Lipinski definition) is 2. The van der Waals surface area contributed by atoms with E-state index in [0.29, 0.717) is 13.1 Å². The summed E-state index contributed by atoms with van der Waals surface area (Å²) >= 11 is 0. The molecule has 0 saturated carbocycles. The van der Waals surface area contributed by atoms with Crippen molar-refractivity contribution < 1.29 is 4.79 Å². The lowest BCUT2D eigenvalue weighted by Crippen LogP contribution is -2.38. The fraction of sp³-hybridized carbons (Fsp3) is 0.692. The average molecular weight is 252 g/mol. The highest BCUT2D eigenvalue weighted by atomic mass is 16.1. The molecule has 1 aromatic rings. The van der Waals surface area contributed by atoms with Crippen LogP contribution in [0, 0.1) is 13.8 Å². The molecule has 0 aliphatic rings. The molecule has 0 fully saturated rings. The molecule has 1 heterocycles. The van der Waals surface area contributed by atoms with E-state index in [1.165, 1.54) is 5.56 Å². The second-order valence-electron chi connectivity index (χ2n) is 4.75. The van der Waals surface area contributed by atoms with Crippen molar-refractivity contribution in [3.05, 3.63) is 17.0 Å². The molecule has 18 heavy (non-hydrogen) atoms. The number of nitrogens with zero attached hydrogens (tertiary/aromatic N) is 2. The predicted molar refractivity (Wildman–Crippen MR) is 72.3 cm³/mol. The molecule has 1 unspecified atom stereocenters. The topological polar surface area (TPSA) is 59.0 Å². The van der Waals surface area contributed by atoms with Gasteiger partial charge in [-0.2, -0.15) is 5.10 Å². The third kappa shape index (κ3) is 3.84. The molecule has 1 amide bonds. The number of aromatic nitrogens is 2. The van der Waals surface area contributed by atoms with Crippen LogP contribution in [0.3, 0.4) is 0 Å². The van der Waals surface area contributed by atoms with Crippen molar-refractivity contribution in [1.29, 1.82) is 0 Å². The standard InChI is InChI=1S/C13H24N4O/c1-6-9(2)15-13(18)8-14-7-12-10(3)16-17(5)11(12)4/h9,14H,6-8H2,1-5H3,(H,15,18). The van der Waals surface area contributed by atoms with Crippen molar-refractivity contribution in [3.8, 4) is 0 Å². The quantitative estimate of drug-likeness (QED) is 0.795. The summed E-state index contributed by atoms with van der Waals surface area (Å²) in [7, 11) is 1.93. The molecular formula is C13H24N4O. The molecule has 0 saturated heterocycles. The van der Waals surface area contributed by atoms with Gasteiger partial charge in [0.05, 0.1) is 12.2 Å². The van der Waals surface area contributed by atoms with E-state index in [-0.39, 0.29) is 11.9 Å². The zero-order valence-electron chi connectivity index (χ0n) is 12.0. The van der Waals surface area contributed by atoms with Crippen LogP contribution in [0.5, 0.6) is 0 Å². The van der Waals surface area contributed by atoms with E-state index in [4.69, 9.17) is 0 Å². The summed E-state index contributed by atoms with van der Waals surface area (Å²) in [5.41, 5.74) is 3.33. The maximum Gasteiger partial charge on any atom is 0.234 e. The highest BCUT2D eigenvalue weighted by Gasteiger charge is 2.10. The maximum absolute atomic E-state index is 11.6. The monoisotopic (exact) mass is 252 g/mol. The van der Waals surface area contributed by atoms with Crippen LogP contribution in [0.1, 0.15) is 37.2 Å². The van der Waals surface area contributed by atoms with Crippen LogP contribution < -0.4 is 10.6 Å². The molecular weight excluding hydrogens is 228 g/mol. The average Bonchev–Trinajstić information content (AvgIpc) is 2.55. The summed E-state index contributed by atoms with van der Waals surface area (Å²) in [5, 5.41) is 10.4. The first kappa shape index (κ1) is 14.7. The summed E-state index contributed by atoms with van der Waals surface area (Å²) in [6.45, 7) is 9.12. The highest BCUT2D eigenvalue weighted by Crippen LogP contribution is 2.10. The Hall–Kier alpha value is -1.36. The summed E-state index contributed by atoms with van der Waals surface area (Å²) in [5.74, 6) is 0.0450. The number of carbonyl (C=O) groups is 1. The molecule has 5 nitrogen and oxygen atoms in total. The molecule has 0 radical (unpaired) electrons. The van der Waals surface area contributed by atoms with Gasteiger partial charge in [0.1, 0.15) is 0 Å². The molecule has 0 aliphatic heterocycles. The lowest BCUT2D eigenvalue weighted by atomic mass is 10.2. The zero-order valence-corrected chi connectivity index (χ0v) is 12.0. The number of aryl methyl sites for hydroxylation is 2. The van der Waals surface area contributed by atoms with Crippen molar-refractivity contribution in [3.63, 3.8) is 0 Å². The largest absolute Gasteiger partial charge is 0.353 e.